The van der Waals surface area contributed by atoms with Gasteiger partial charge in [0.15, 0.2) is 0 Å². The molecule has 2 heterocycles. The molecule has 1 aromatic rings. The van der Waals surface area contributed by atoms with Crippen LogP contribution >= 0.6 is 0 Å². The first kappa shape index (κ1) is 19.5. The lowest BCUT2D eigenvalue weighted by atomic mass is 9.60. The van der Waals surface area contributed by atoms with Crippen LogP contribution in [-0.2, 0) is 5.54 Å². The molecule has 0 spiro atoms. The van der Waals surface area contributed by atoms with Gasteiger partial charge in [-0.25, -0.2) is 0 Å². The van der Waals surface area contributed by atoms with E-state index in [4.69, 9.17) is 0 Å². The molecule has 0 aliphatic carbocycles. The summed E-state index contributed by atoms with van der Waals surface area (Å²) in [6.45, 7) is 15.9. The smallest absolute Gasteiger partial charge is 0.330 e. The van der Waals surface area contributed by atoms with Crippen LogP contribution < -0.4 is 10.0 Å². The molecule has 1 unspecified atom stereocenters. The summed E-state index contributed by atoms with van der Waals surface area (Å²) in [6.07, 6.45) is 7.25. The third-order valence-corrected chi connectivity index (χ3v) is 5.97. The predicted octanol–water partition coefficient (Wildman–Crippen LogP) is 3.77. The summed E-state index contributed by atoms with van der Waals surface area (Å²) in [4.78, 5) is 2.65. The molecule has 24 heavy (non-hydrogen) atoms. The van der Waals surface area contributed by atoms with Crippen molar-refractivity contribution < 1.29 is 0 Å². The van der Waals surface area contributed by atoms with Gasteiger partial charge in [0.1, 0.15) is 0 Å². The van der Waals surface area contributed by atoms with Crippen molar-refractivity contribution in [3.8, 4) is 0 Å². The van der Waals surface area contributed by atoms with E-state index in [2.05, 4.69) is 86.0 Å². The third-order valence-electron chi connectivity index (χ3n) is 5.97. The number of hydrogen-bond acceptors (Lipinski definition) is 3. The minimum absolute atomic E-state index is 0.139. The molecule has 1 aromatic heterocycles. The Kier molecular flexibility index (Phi) is 6.49. The van der Waals surface area contributed by atoms with Gasteiger partial charge in [0.25, 0.3) is 6.98 Å². The summed E-state index contributed by atoms with van der Waals surface area (Å²) in [7, 11) is 2.07. The van der Waals surface area contributed by atoms with Crippen LogP contribution in [0, 0.1) is 0 Å². The molecule has 6 heteroatoms. The fraction of sp³-hybridized carbons (Fsp3) is 0.778. The maximum Gasteiger partial charge on any atom is 0.330 e. The maximum atomic E-state index is 3.46. The van der Waals surface area contributed by atoms with Crippen LogP contribution in [0.3, 0.4) is 0 Å². The van der Waals surface area contributed by atoms with Crippen molar-refractivity contribution in [2.75, 3.05) is 18.4 Å². The second-order valence-electron chi connectivity index (χ2n) is 7.76. The number of aromatic nitrogens is 1. The zero-order valence-corrected chi connectivity index (χ0v) is 16.8. The van der Waals surface area contributed by atoms with Crippen molar-refractivity contribution in [1.82, 2.24) is 14.5 Å². The van der Waals surface area contributed by atoms with E-state index >= 15 is 0 Å². The van der Waals surface area contributed by atoms with Gasteiger partial charge < -0.3 is 19.3 Å². The number of hydrogen-bond donors (Lipinski definition) is 1. The molecule has 1 N–H and O–H groups in total. The van der Waals surface area contributed by atoms with Gasteiger partial charge >= 0.3 is 6.98 Å². The molecular formula is C18H36B2N4. The highest BCUT2D eigenvalue weighted by Gasteiger charge is 2.47. The van der Waals surface area contributed by atoms with E-state index < -0.39 is 0 Å². The SMILES string of the molecule is CCCCCN(B(C)NC)B(C)N1c2cccn2C(C)(C)C1CC. The van der Waals surface area contributed by atoms with E-state index in [0.717, 1.165) is 13.0 Å². The lowest BCUT2D eigenvalue weighted by Crippen LogP contribution is -2.62. The molecule has 0 saturated carbocycles. The molecule has 0 radical (unpaired) electrons. The van der Waals surface area contributed by atoms with Gasteiger partial charge in [-0.1, -0.05) is 40.3 Å². The van der Waals surface area contributed by atoms with E-state index in [9.17, 15) is 0 Å². The zero-order chi connectivity index (χ0) is 17.9. The first-order valence-electron chi connectivity index (χ1n) is 9.79. The molecule has 0 fully saturated rings. The highest BCUT2D eigenvalue weighted by molar-refractivity contribution is 6.72. The van der Waals surface area contributed by atoms with Gasteiger partial charge in [0, 0.05) is 12.2 Å². The molecule has 2 rings (SSSR count). The minimum Gasteiger partial charge on any atom is -0.383 e. The van der Waals surface area contributed by atoms with Gasteiger partial charge in [0.05, 0.1) is 11.4 Å². The van der Waals surface area contributed by atoms with Gasteiger partial charge in [0.2, 0.25) is 0 Å². The molecule has 0 amide bonds. The molecule has 0 bridgehead atoms. The fourth-order valence-corrected chi connectivity index (χ4v) is 4.45. The first-order valence-corrected chi connectivity index (χ1v) is 9.79. The molecule has 0 saturated heterocycles. The molecule has 1 atom stereocenters. The van der Waals surface area contributed by atoms with E-state index in [1.54, 1.807) is 0 Å². The van der Waals surface area contributed by atoms with E-state index in [1.807, 2.05) is 0 Å². The topological polar surface area (TPSA) is 23.4 Å². The number of anilines is 1. The molecular weight excluding hydrogens is 294 g/mol. The molecule has 1 aliphatic heterocycles. The molecule has 1 aliphatic rings. The minimum atomic E-state index is 0.139. The normalized spacial score (nSPS) is 19.0. The first-order chi connectivity index (χ1) is 11.4. The number of rotatable bonds is 9. The van der Waals surface area contributed by atoms with Gasteiger partial charge in [-0.3, -0.25) is 0 Å². The predicted molar refractivity (Wildman–Crippen MR) is 109 cm³/mol. The van der Waals surface area contributed by atoms with Crippen molar-refractivity contribution in [2.24, 2.45) is 0 Å². The average molecular weight is 330 g/mol. The summed E-state index contributed by atoms with van der Waals surface area (Å²) < 4.78 is 5.09. The van der Waals surface area contributed by atoms with Crippen LogP contribution in [-0.4, -0.2) is 42.9 Å². The summed E-state index contributed by atoms with van der Waals surface area (Å²) in [5, 5.41) is 3.46. The Labute approximate surface area is 150 Å². The fourth-order valence-electron chi connectivity index (χ4n) is 4.45. The second-order valence-corrected chi connectivity index (χ2v) is 7.76. The summed E-state index contributed by atoms with van der Waals surface area (Å²) in [5.74, 6) is 1.36. The van der Waals surface area contributed by atoms with E-state index in [0.29, 0.717) is 20.0 Å². The van der Waals surface area contributed by atoms with Crippen LogP contribution in [0.25, 0.3) is 0 Å². The van der Waals surface area contributed by atoms with Crippen molar-refractivity contribution in [3.05, 3.63) is 18.3 Å². The Morgan fingerprint density at radius 2 is 1.96 bits per heavy atom. The summed E-state index contributed by atoms with van der Waals surface area (Å²) in [6, 6.07) is 5.00. The third kappa shape index (κ3) is 3.41. The van der Waals surface area contributed by atoms with Crippen molar-refractivity contribution in [1.29, 1.82) is 0 Å². The number of fused-ring (bicyclic) bond motifs is 1. The molecule has 0 aromatic carbocycles. The lowest BCUT2D eigenvalue weighted by molar-refractivity contribution is 0.320. The van der Waals surface area contributed by atoms with Gasteiger partial charge in [-0.05, 0) is 52.4 Å². The quantitative estimate of drug-likeness (QED) is 0.551. The zero-order valence-electron chi connectivity index (χ0n) is 16.8. The molecule has 134 valence electrons. The van der Waals surface area contributed by atoms with Crippen LogP contribution in [0.4, 0.5) is 5.82 Å². The highest BCUT2D eigenvalue weighted by atomic mass is 15.4. The number of nitrogens with one attached hydrogen (secondary N) is 1. The Hall–Kier alpha value is -0.870. The van der Waals surface area contributed by atoms with Gasteiger partial charge in [-0.15, -0.1) is 0 Å². The number of nitrogens with zero attached hydrogens (tertiary/aromatic N) is 3. The van der Waals surface area contributed by atoms with Crippen molar-refractivity contribution in [3.63, 3.8) is 0 Å². The van der Waals surface area contributed by atoms with Crippen LogP contribution in [0.15, 0.2) is 18.3 Å². The van der Waals surface area contributed by atoms with Crippen LogP contribution in [0.2, 0.25) is 13.6 Å². The van der Waals surface area contributed by atoms with Crippen molar-refractivity contribution in [2.45, 2.75) is 78.6 Å². The van der Waals surface area contributed by atoms with E-state index in [-0.39, 0.29) is 5.54 Å². The van der Waals surface area contributed by atoms with Gasteiger partial charge in [-0.2, -0.15) is 0 Å². The Morgan fingerprint density at radius 1 is 1.25 bits per heavy atom. The van der Waals surface area contributed by atoms with Crippen LogP contribution in [0.1, 0.15) is 53.4 Å². The monoisotopic (exact) mass is 330 g/mol. The Balaban J connectivity index is 2.29. The maximum absolute atomic E-state index is 3.46. The Morgan fingerprint density at radius 3 is 2.54 bits per heavy atom. The standard InChI is InChI=1S/C18H36B2N4/c1-8-10-11-15-23(19(5)21-7)20(6)24-16(9-2)18(3,4)22-14-12-13-17(22)24/h12-14,16,21H,8-11,15H2,1-7H3. The highest BCUT2D eigenvalue weighted by Crippen LogP contribution is 2.41. The largest absolute Gasteiger partial charge is 0.383 e. The van der Waals surface area contributed by atoms with Crippen molar-refractivity contribution >= 4 is 19.8 Å². The average Bonchev–Trinajstić information content (AvgIpc) is 3.11. The summed E-state index contributed by atoms with van der Waals surface area (Å²) in [5.41, 5.74) is 0.139. The summed E-state index contributed by atoms with van der Waals surface area (Å²) >= 11 is 0. The lowest BCUT2D eigenvalue weighted by Gasteiger charge is -2.41. The Bertz CT molecular complexity index is 517. The van der Waals surface area contributed by atoms with Crippen LogP contribution in [0.5, 0.6) is 0 Å². The molecule has 4 nitrogen and oxygen atoms in total. The number of unbranched alkanes of at least 4 members (excludes halogenated alkanes) is 2. The second kappa shape index (κ2) is 8.01. The van der Waals surface area contributed by atoms with E-state index in [1.165, 1.54) is 25.1 Å².